The molecule has 10 heteroatoms. The molecule has 1 amide bonds. The van der Waals surface area contributed by atoms with Crippen LogP contribution in [0.5, 0.6) is 0 Å². The van der Waals surface area contributed by atoms with E-state index in [0.717, 1.165) is 50.3 Å². The van der Waals surface area contributed by atoms with E-state index in [9.17, 15) is 29.8 Å². The molecule has 0 aliphatic heterocycles. The lowest BCUT2D eigenvalue weighted by Crippen LogP contribution is -2.42. The van der Waals surface area contributed by atoms with E-state index in [-0.39, 0.29) is 18.1 Å². The number of carbonyl (C=O) groups excluding carboxylic acids is 2. The van der Waals surface area contributed by atoms with E-state index in [1.807, 2.05) is 13.8 Å². The van der Waals surface area contributed by atoms with Crippen LogP contribution in [-0.2, 0) is 9.53 Å². The minimum Gasteiger partial charge on any atom is -0.464 e. The summed E-state index contributed by atoms with van der Waals surface area (Å²) in [6.45, 7) is 6.13. The van der Waals surface area contributed by atoms with Gasteiger partial charge >= 0.3 is 5.97 Å². The first kappa shape index (κ1) is 26.0. The molecule has 1 atom stereocenters. The van der Waals surface area contributed by atoms with Crippen LogP contribution in [0.4, 0.5) is 11.4 Å². The monoisotopic (exact) mass is 437 g/mol. The van der Waals surface area contributed by atoms with Gasteiger partial charge in [0.15, 0.2) is 0 Å². The van der Waals surface area contributed by atoms with Gasteiger partial charge < -0.3 is 10.1 Å². The van der Waals surface area contributed by atoms with Crippen molar-refractivity contribution in [1.29, 1.82) is 0 Å². The Morgan fingerprint density at radius 3 is 2.03 bits per heavy atom. The van der Waals surface area contributed by atoms with E-state index >= 15 is 0 Å². The number of hydrogen-bond acceptors (Lipinski definition) is 7. The van der Waals surface area contributed by atoms with Crippen molar-refractivity contribution in [2.45, 2.75) is 71.8 Å². The second-order valence-electron chi connectivity index (χ2n) is 7.84. The number of nitrogens with zero attached hydrogens (tertiary/aromatic N) is 2. The van der Waals surface area contributed by atoms with Gasteiger partial charge in [0.2, 0.25) is 0 Å². The van der Waals surface area contributed by atoms with Gasteiger partial charge in [0.05, 0.1) is 28.1 Å². The Kier molecular flexibility index (Phi) is 11.2. The number of non-ortho nitro benzene ring substituents is 2. The molecule has 31 heavy (non-hydrogen) atoms. The van der Waals surface area contributed by atoms with Gasteiger partial charge in [-0.3, -0.25) is 25.0 Å². The van der Waals surface area contributed by atoms with Crippen molar-refractivity contribution < 1.29 is 24.2 Å². The quantitative estimate of drug-likeness (QED) is 0.195. The topological polar surface area (TPSA) is 142 Å². The van der Waals surface area contributed by atoms with Gasteiger partial charge in [0.25, 0.3) is 17.3 Å². The fraction of sp³-hybridized carbons (Fsp3) is 0.619. The maximum atomic E-state index is 12.6. The SMILES string of the molecule is CCCCCCCCOC(=O)[C@H](CC(C)C)NC(=O)c1cc([N+](=O)[O-])cc([N+](=O)[O-])c1. The molecule has 1 aromatic carbocycles. The summed E-state index contributed by atoms with van der Waals surface area (Å²) in [4.78, 5) is 45.5. The van der Waals surface area contributed by atoms with Crippen LogP contribution in [0.3, 0.4) is 0 Å². The molecule has 1 rings (SSSR count). The number of hydrogen-bond donors (Lipinski definition) is 1. The minimum absolute atomic E-state index is 0.0614. The van der Waals surface area contributed by atoms with Crippen molar-refractivity contribution in [3.63, 3.8) is 0 Å². The molecule has 0 saturated carbocycles. The molecule has 0 unspecified atom stereocenters. The first-order valence-electron chi connectivity index (χ1n) is 10.6. The summed E-state index contributed by atoms with van der Waals surface area (Å²) >= 11 is 0. The highest BCUT2D eigenvalue weighted by molar-refractivity contribution is 5.98. The van der Waals surface area contributed by atoms with Crippen LogP contribution in [0.1, 0.15) is 76.1 Å². The number of nitro benzene ring substituents is 2. The lowest BCUT2D eigenvalue weighted by atomic mass is 10.0. The van der Waals surface area contributed by atoms with Crippen LogP contribution in [0, 0.1) is 26.1 Å². The van der Waals surface area contributed by atoms with E-state index in [0.29, 0.717) is 6.42 Å². The molecule has 0 saturated heterocycles. The van der Waals surface area contributed by atoms with Crippen LogP contribution in [0.25, 0.3) is 0 Å². The lowest BCUT2D eigenvalue weighted by Gasteiger charge is -2.19. The van der Waals surface area contributed by atoms with Crippen molar-refractivity contribution in [1.82, 2.24) is 5.32 Å². The summed E-state index contributed by atoms with van der Waals surface area (Å²) in [5, 5.41) is 24.6. The molecule has 0 fully saturated rings. The fourth-order valence-corrected chi connectivity index (χ4v) is 3.02. The highest BCUT2D eigenvalue weighted by atomic mass is 16.6. The number of benzene rings is 1. The zero-order valence-corrected chi connectivity index (χ0v) is 18.3. The maximum Gasteiger partial charge on any atom is 0.328 e. The predicted molar refractivity (Wildman–Crippen MR) is 115 cm³/mol. The number of unbranched alkanes of at least 4 members (excludes halogenated alkanes) is 5. The summed E-state index contributed by atoms with van der Waals surface area (Å²) in [5.74, 6) is -1.34. The zero-order chi connectivity index (χ0) is 23.4. The van der Waals surface area contributed by atoms with Crippen molar-refractivity contribution in [3.05, 3.63) is 44.0 Å². The Labute approximate surface area is 181 Å². The summed E-state index contributed by atoms with van der Waals surface area (Å²) < 4.78 is 5.30. The highest BCUT2D eigenvalue weighted by Gasteiger charge is 2.26. The molecular formula is C21H31N3O7. The number of ether oxygens (including phenoxy) is 1. The van der Waals surface area contributed by atoms with Crippen LogP contribution in [0.2, 0.25) is 0 Å². The normalized spacial score (nSPS) is 11.7. The fourth-order valence-electron chi connectivity index (χ4n) is 3.02. The molecule has 0 spiro atoms. The first-order valence-corrected chi connectivity index (χ1v) is 10.6. The molecule has 0 aromatic heterocycles. The van der Waals surface area contributed by atoms with E-state index < -0.39 is 39.1 Å². The van der Waals surface area contributed by atoms with E-state index in [4.69, 9.17) is 4.74 Å². The molecule has 172 valence electrons. The smallest absolute Gasteiger partial charge is 0.328 e. The lowest BCUT2D eigenvalue weighted by molar-refractivity contribution is -0.394. The van der Waals surface area contributed by atoms with Gasteiger partial charge in [-0.1, -0.05) is 52.9 Å². The number of amides is 1. The average molecular weight is 437 g/mol. The van der Waals surface area contributed by atoms with Gasteiger partial charge in [-0.2, -0.15) is 0 Å². The van der Waals surface area contributed by atoms with Crippen LogP contribution < -0.4 is 5.32 Å². The second-order valence-corrected chi connectivity index (χ2v) is 7.84. The first-order chi connectivity index (χ1) is 14.6. The minimum atomic E-state index is -0.953. The number of carbonyl (C=O) groups is 2. The van der Waals surface area contributed by atoms with Crippen LogP contribution in [-0.4, -0.2) is 34.4 Å². The molecule has 0 radical (unpaired) electrons. The van der Waals surface area contributed by atoms with Crippen molar-refractivity contribution in [2.24, 2.45) is 5.92 Å². The molecule has 0 aliphatic carbocycles. The van der Waals surface area contributed by atoms with Crippen LogP contribution >= 0.6 is 0 Å². The Morgan fingerprint density at radius 2 is 1.52 bits per heavy atom. The third-order valence-corrected chi connectivity index (χ3v) is 4.63. The number of esters is 1. The third kappa shape index (κ3) is 9.54. The predicted octanol–water partition coefficient (Wildman–Crippen LogP) is 4.55. The van der Waals surface area contributed by atoms with Gasteiger partial charge in [0, 0.05) is 12.1 Å². The average Bonchev–Trinajstić information content (AvgIpc) is 2.71. The molecule has 1 N–H and O–H groups in total. The van der Waals surface area contributed by atoms with Gasteiger partial charge in [-0.25, -0.2) is 4.79 Å². The standard InChI is InChI=1S/C21H31N3O7/c1-4-5-6-7-8-9-10-31-21(26)19(11-15(2)3)22-20(25)16-12-17(23(27)28)14-18(13-16)24(29)30/h12-15,19H,4-11H2,1-3H3,(H,22,25)/t19-/m0/s1. The highest BCUT2D eigenvalue weighted by Crippen LogP contribution is 2.23. The molecule has 0 aliphatic rings. The largest absolute Gasteiger partial charge is 0.464 e. The number of nitro groups is 2. The second kappa shape index (κ2) is 13.3. The Hall–Kier alpha value is -3.04. The summed E-state index contributed by atoms with van der Waals surface area (Å²) in [5.41, 5.74) is -1.42. The Balaban J connectivity index is 2.80. The number of nitrogens with one attached hydrogen (secondary N) is 1. The van der Waals surface area contributed by atoms with Crippen LogP contribution in [0.15, 0.2) is 18.2 Å². The summed E-state index contributed by atoms with van der Waals surface area (Å²) in [7, 11) is 0. The van der Waals surface area contributed by atoms with Gasteiger partial charge in [-0.05, 0) is 18.8 Å². The maximum absolute atomic E-state index is 12.6. The molecule has 10 nitrogen and oxygen atoms in total. The van der Waals surface area contributed by atoms with E-state index in [1.54, 1.807) is 0 Å². The van der Waals surface area contributed by atoms with E-state index in [2.05, 4.69) is 12.2 Å². The summed E-state index contributed by atoms with van der Waals surface area (Å²) in [6.07, 6.45) is 6.53. The van der Waals surface area contributed by atoms with Crippen molar-refractivity contribution in [2.75, 3.05) is 6.61 Å². The Morgan fingerprint density at radius 1 is 0.968 bits per heavy atom. The molecule has 0 heterocycles. The van der Waals surface area contributed by atoms with Crippen molar-refractivity contribution in [3.8, 4) is 0 Å². The third-order valence-electron chi connectivity index (χ3n) is 4.63. The molecule has 1 aromatic rings. The Bertz CT molecular complexity index is 748. The van der Waals surface area contributed by atoms with Gasteiger partial charge in [0.1, 0.15) is 6.04 Å². The summed E-state index contributed by atoms with van der Waals surface area (Å²) in [6, 6.07) is 1.70. The van der Waals surface area contributed by atoms with Gasteiger partial charge in [-0.15, -0.1) is 0 Å². The van der Waals surface area contributed by atoms with Crippen molar-refractivity contribution >= 4 is 23.3 Å². The zero-order valence-electron chi connectivity index (χ0n) is 18.3. The molecule has 0 bridgehead atoms. The number of rotatable bonds is 14. The molecular weight excluding hydrogens is 406 g/mol. The van der Waals surface area contributed by atoms with E-state index in [1.165, 1.54) is 6.42 Å².